The van der Waals surface area contributed by atoms with E-state index in [2.05, 4.69) is 15.0 Å². The lowest BCUT2D eigenvalue weighted by molar-refractivity contribution is 0.232. The van der Waals surface area contributed by atoms with Crippen LogP contribution in [0, 0.1) is 0 Å². The Morgan fingerprint density at radius 1 is 1.20 bits per heavy atom. The highest BCUT2D eigenvalue weighted by molar-refractivity contribution is 7.89. The van der Waals surface area contributed by atoms with Crippen molar-refractivity contribution in [3.8, 4) is 0 Å². The van der Waals surface area contributed by atoms with Gasteiger partial charge in [0.05, 0.1) is 42.2 Å². The Hall–Kier alpha value is -2.66. The van der Waals surface area contributed by atoms with Crippen molar-refractivity contribution in [1.29, 1.82) is 0 Å². The third-order valence-corrected chi connectivity index (χ3v) is 5.41. The highest BCUT2D eigenvalue weighted by atomic mass is 32.2. The van der Waals surface area contributed by atoms with Gasteiger partial charge in [-0.1, -0.05) is 20.8 Å². The standard InChI is InChI=1S/C17H20F2N6O2S.C2H6.H2/c1-4-11-5-12(7-23-28(26,27)17(18)19)20-9-15(11)25(3)16-6-14-13(8-21-16)22-10-24(14)2;1-2;/h5-6,8-10,17,23H,4,7H2,1-3H3;1-2H3;1H. The van der Waals surface area contributed by atoms with Crippen LogP contribution in [0.5, 0.6) is 0 Å². The molecule has 0 aliphatic rings. The largest absolute Gasteiger partial charge is 0.350 e. The van der Waals surface area contributed by atoms with Crippen LogP contribution in [0.3, 0.4) is 0 Å². The van der Waals surface area contributed by atoms with Crippen molar-refractivity contribution in [2.45, 2.75) is 39.5 Å². The SMILES string of the molecule is CC.CCc1cc(CNS(=O)(=O)C(F)F)ncc1N(C)c1cc2c(cn1)ncn2C.[HH]. The van der Waals surface area contributed by atoms with Gasteiger partial charge in [0.15, 0.2) is 0 Å². The Morgan fingerprint density at radius 2 is 1.90 bits per heavy atom. The molecule has 0 bridgehead atoms. The van der Waals surface area contributed by atoms with Crippen molar-refractivity contribution in [2.75, 3.05) is 11.9 Å². The van der Waals surface area contributed by atoms with Gasteiger partial charge in [0.25, 0.3) is 10.0 Å². The van der Waals surface area contributed by atoms with Gasteiger partial charge in [0, 0.05) is 21.6 Å². The van der Waals surface area contributed by atoms with Crippen LogP contribution in [0.2, 0.25) is 0 Å². The Morgan fingerprint density at radius 3 is 2.53 bits per heavy atom. The van der Waals surface area contributed by atoms with E-state index in [1.54, 1.807) is 24.8 Å². The summed E-state index contributed by atoms with van der Waals surface area (Å²) in [6.07, 6.45) is 5.63. The molecule has 30 heavy (non-hydrogen) atoms. The summed E-state index contributed by atoms with van der Waals surface area (Å²) in [5.74, 6) is -2.78. The number of rotatable bonds is 7. The summed E-state index contributed by atoms with van der Waals surface area (Å²) < 4.78 is 51.1. The maximum atomic E-state index is 12.4. The minimum Gasteiger partial charge on any atom is -0.334 e. The molecule has 0 saturated carbocycles. The monoisotopic (exact) mass is 442 g/mol. The second-order valence-corrected chi connectivity index (χ2v) is 7.97. The van der Waals surface area contributed by atoms with Crippen LogP contribution in [0.15, 0.2) is 30.9 Å². The summed E-state index contributed by atoms with van der Waals surface area (Å²) in [4.78, 5) is 14.8. The third kappa shape index (κ3) is 5.08. The van der Waals surface area contributed by atoms with Crippen molar-refractivity contribution < 1.29 is 18.6 Å². The molecule has 0 saturated heterocycles. The summed E-state index contributed by atoms with van der Waals surface area (Å²) in [5.41, 5.74) is 3.75. The molecule has 11 heteroatoms. The summed E-state index contributed by atoms with van der Waals surface area (Å²) in [5, 5.41) is 0. The number of halogens is 2. The lowest BCUT2D eigenvalue weighted by Crippen LogP contribution is -2.29. The molecule has 1 N–H and O–H groups in total. The molecule has 0 unspecified atom stereocenters. The number of sulfonamides is 1. The van der Waals surface area contributed by atoms with Crippen molar-refractivity contribution in [3.63, 3.8) is 0 Å². The highest BCUT2D eigenvalue weighted by Crippen LogP contribution is 2.27. The number of aryl methyl sites for hydroxylation is 2. The van der Waals surface area contributed by atoms with Crippen molar-refractivity contribution >= 4 is 32.6 Å². The zero-order valence-electron chi connectivity index (χ0n) is 17.6. The number of fused-ring (bicyclic) bond motifs is 1. The minimum atomic E-state index is -4.66. The van der Waals surface area contributed by atoms with Gasteiger partial charge in [0.1, 0.15) is 11.3 Å². The average Bonchev–Trinajstić information content (AvgIpc) is 3.13. The first-order valence-electron chi connectivity index (χ1n) is 9.48. The normalized spacial score (nSPS) is 11.5. The number of aromatic nitrogens is 4. The summed E-state index contributed by atoms with van der Waals surface area (Å²) >= 11 is 0. The number of pyridine rings is 2. The second-order valence-electron chi connectivity index (χ2n) is 6.23. The molecular weight excluding hydrogens is 414 g/mol. The van der Waals surface area contributed by atoms with E-state index in [9.17, 15) is 17.2 Å². The van der Waals surface area contributed by atoms with Gasteiger partial charge >= 0.3 is 5.76 Å². The lowest BCUT2D eigenvalue weighted by Gasteiger charge is -2.21. The van der Waals surface area contributed by atoms with E-state index < -0.39 is 15.8 Å². The number of anilines is 2. The predicted molar refractivity (Wildman–Crippen MR) is 115 cm³/mol. The second kappa shape index (κ2) is 9.90. The van der Waals surface area contributed by atoms with E-state index in [1.165, 1.54) is 0 Å². The molecule has 0 aliphatic carbocycles. The fraction of sp³-hybridized carbons (Fsp3) is 0.421. The fourth-order valence-electron chi connectivity index (χ4n) is 2.79. The molecule has 3 aromatic heterocycles. The molecule has 8 nitrogen and oxygen atoms in total. The van der Waals surface area contributed by atoms with E-state index in [-0.39, 0.29) is 7.97 Å². The van der Waals surface area contributed by atoms with Gasteiger partial charge in [-0.25, -0.2) is 23.1 Å². The third-order valence-electron chi connectivity index (χ3n) is 4.39. The molecule has 3 heterocycles. The number of nitrogens with one attached hydrogen (secondary N) is 1. The first kappa shape index (κ1) is 23.6. The number of imidazole rings is 1. The van der Waals surface area contributed by atoms with E-state index >= 15 is 0 Å². The molecule has 166 valence electrons. The van der Waals surface area contributed by atoms with E-state index in [0.29, 0.717) is 17.9 Å². The molecule has 0 spiro atoms. The number of hydrogen-bond acceptors (Lipinski definition) is 6. The Kier molecular flexibility index (Phi) is 7.79. The van der Waals surface area contributed by atoms with Gasteiger partial charge in [-0.15, -0.1) is 0 Å². The maximum absolute atomic E-state index is 12.4. The van der Waals surface area contributed by atoms with Gasteiger partial charge in [-0.2, -0.15) is 8.78 Å². The molecule has 0 aromatic carbocycles. The Labute approximate surface area is 176 Å². The van der Waals surface area contributed by atoms with Crippen LogP contribution in [-0.2, 0) is 30.0 Å². The van der Waals surface area contributed by atoms with Gasteiger partial charge in [-0.3, -0.25) is 4.98 Å². The first-order valence-corrected chi connectivity index (χ1v) is 11.0. The molecule has 0 fully saturated rings. The molecule has 0 amide bonds. The molecule has 0 aliphatic heterocycles. The van der Waals surface area contributed by atoms with Crippen LogP contribution < -0.4 is 9.62 Å². The summed E-state index contributed by atoms with van der Waals surface area (Å²) in [6, 6.07) is 3.61. The van der Waals surface area contributed by atoms with Gasteiger partial charge in [-0.05, 0) is 18.1 Å². The average molecular weight is 443 g/mol. The smallest absolute Gasteiger partial charge is 0.334 e. The molecule has 0 atom stereocenters. The minimum absolute atomic E-state index is 0. The predicted octanol–water partition coefficient (Wildman–Crippen LogP) is 3.61. The Bertz CT molecular complexity index is 1110. The van der Waals surface area contributed by atoms with Crippen molar-refractivity contribution in [2.24, 2.45) is 7.05 Å². The van der Waals surface area contributed by atoms with E-state index in [4.69, 9.17) is 0 Å². The highest BCUT2D eigenvalue weighted by Gasteiger charge is 2.23. The zero-order chi connectivity index (χ0) is 22.5. The van der Waals surface area contributed by atoms with Gasteiger partial charge in [0.2, 0.25) is 0 Å². The van der Waals surface area contributed by atoms with Crippen molar-refractivity contribution in [3.05, 3.63) is 42.1 Å². The van der Waals surface area contributed by atoms with E-state index in [0.717, 1.165) is 22.3 Å². The van der Waals surface area contributed by atoms with E-state index in [1.807, 2.05) is 55.1 Å². The first-order chi connectivity index (χ1) is 14.2. The zero-order valence-corrected chi connectivity index (χ0v) is 18.4. The molecule has 3 aromatic rings. The summed E-state index contributed by atoms with van der Waals surface area (Å²) in [6.45, 7) is 5.64. The van der Waals surface area contributed by atoms with Crippen LogP contribution in [0.25, 0.3) is 11.0 Å². The quantitative estimate of drug-likeness (QED) is 0.601. The number of alkyl halides is 2. The molecule has 0 radical (unpaired) electrons. The van der Waals surface area contributed by atoms with Crippen LogP contribution in [0.1, 0.15) is 33.5 Å². The van der Waals surface area contributed by atoms with Gasteiger partial charge < -0.3 is 9.47 Å². The molecule has 3 rings (SSSR count). The fourth-order valence-corrected chi connectivity index (χ4v) is 3.26. The van der Waals surface area contributed by atoms with Crippen LogP contribution in [0.4, 0.5) is 20.3 Å². The van der Waals surface area contributed by atoms with Crippen molar-refractivity contribution in [1.82, 2.24) is 24.2 Å². The van der Waals surface area contributed by atoms with Crippen LogP contribution in [-0.4, -0.2) is 40.7 Å². The molecular formula is C19H28F2N6O2S. The lowest BCUT2D eigenvalue weighted by atomic mass is 10.1. The van der Waals surface area contributed by atoms with Crippen LogP contribution >= 0.6 is 0 Å². The Balaban J connectivity index is 0.00000156. The number of hydrogen-bond donors (Lipinski definition) is 1. The number of nitrogens with zero attached hydrogens (tertiary/aromatic N) is 5. The topological polar surface area (TPSA) is 93.0 Å². The summed E-state index contributed by atoms with van der Waals surface area (Å²) in [7, 11) is -0.913. The maximum Gasteiger partial charge on any atom is 0.350 e.